The monoisotopic (exact) mass is 258 g/mol. The van der Waals surface area contributed by atoms with E-state index in [9.17, 15) is 5.11 Å². The molecule has 1 aromatic rings. The highest BCUT2D eigenvalue weighted by atomic mass is 79.9. The van der Waals surface area contributed by atoms with E-state index in [-0.39, 0.29) is 18.5 Å². The largest absolute Gasteiger partial charge is 0.506 e. The van der Waals surface area contributed by atoms with E-state index in [1.54, 1.807) is 6.07 Å². The van der Waals surface area contributed by atoms with Crippen molar-refractivity contribution in [2.24, 2.45) is 0 Å². The van der Waals surface area contributed by atoms with Crippen molar-refractivity contribution in [3.8, 4) is 17.2 Å². The summed E-state index contributed by atoms with van der Waals surface area (Å²) in [6, 6.07) is 1.73. The summed E-state index contributed by atoms with van der Waals surface area (Å²) in [5, 5.41) is 9.85. The van der Waals surface area contributed by atoms with Crippen LogP contribution in [0.15, 0.2) is 10.5 Å². The van der Waals surface area contributed by atoms with Gasteiger partial charge in [-0.3, -0.25) is 0 Å². The first kappa shape index (κ1) is 9.65. The van der Waals surface area contributed by atoms with Crippen molar-refractivity contribution < 1.29 is 14.6 Å². The van der Waals surface area contributed by atoms with Crippen molar-refractivity contribution >= 4 is 15.9 Å². The normalized spacial score (nSPS) is 13.7. The number of benzene rings is 1. The van der Waals surface area contributed by atoms with E-state index >= 15 is 0 Å². The van der Waals surface area contributed by atoms with E-state index in [0.29, 0.717) is 16.0 Å². The predicted octanol–water partition coefficient (Wildman–Crippen LogP) is 3.01. The lowest BCUT2D eigenvalue weighted by molar-refractivity contribution is 0.173. The van der Waals surface area contributed by atoms with Gasteiger partial charge in [0.1, 0.15) is 5.75 Å². The van der Waals surface area contributed by atoms with Crippen molar-refractivity contribution in [1.82, 2.24) is 0 Å². The molecule has 3 nitrogen and oxygen atoms in total. The van der Waals surface area contributed by atoms with Gasteiger partial charge in [0.25, 0.3) is 0 Å². The standard InChI is InChI=1S/C10H11BrO3/c1-5(2)8-9(12)6(11)3-7-10(8)14-4-13-7/h3,5,12H,4H2,1-2H3. The maximum atomic E-state index is 9.85. The van der Waals surface area contributed by atoms with Crippen LogP contribution in [0.1, 0.15) is 25.3 Å². The third-order valence-corrected chi connectivity index (χ3v) is 2.81. The minimum Gasteiger partial charge on any atom is -0.506 e. The number of phenols is 1. The number of phenolic OH excluding ortho intramolecular Hbond substituents is 1. The van der Waals surface area contributed by atoms with Crippen LogP contribution in [-0.2, 0) is 0 Å². The minimum absolute atomic E-state index is 0.197. The summed E-state index contributed by atoms with van der Waals surface area (Å²) in [5.41, 5.74) is 0.798. The number of ether oxygens (including phenoxy) is 2. The summed E-state index contributed by atoms with van der Waals surface area (Å²) in [6.07, 6.45) is 0. The van der Waals surface area contributed by atoms with Crippen molar-refractivity contribution in [2.45, 2.75) is 19.8 Å². The van der Waals surface area contributed by atoms with Gasteiger partial charge in [-0.1, -0.05) is 13.8 Å². The number of hydrogen-bond acceptors (Lipinski definition) is 3. The van der Waals surface area contributed by atoms with Crippen LogP contribution in [0.5, 0.6) is 17.2 Å². The first-order chi connectivity index (χ1) is 6.61. The lowest BCUT2D eigenvalue weighted by atomic mass is 10.0. The van der Waals surface area contributed by atoms with Crippen molar-refractivity contribution in [1.29, 1.82) is 0 Å². The Balaban J connectivity index is 2.66. The van der Waals surface area contributed by atoms with E-state index in [0.717, 1.165) is 5.56 Å². The molecule has 1 aliphatic heterocycles. The summed E-state index contributed by atoms with van der Waals surface area (Å²) in [5.74, 6) is 1.80. The van der Waals surface area contributed by atoms with Gasteiger partial charge in [-0.25, -0.2) is 0 Å². The number of aromatic hydroxyl groups is 1. The Kier molecular flexibility index (Phi) is 2.31. The fraction of sp³-hybridized carbons (Fsp3) is 0.400. The number of hydrogen-bond donors (Lipinski definition) is 1. The zero-order valence-corrected chi connectivity index (χ0v) is 9.59. The Morgan fingerprint density at radius 2 is 2.14 bits per heavy atom. The lowest BCUT2D eigenvalue weighted by Crippen LogP contribution is -1.95. The van der Waals surface area contributed by atoms with Gasteiger partial charge in [0.15, 0.2) is 11.5 Å². The van der Waals surface area contributed by atoms with Gasteiger partial charge >= 0.3 is 0 Å². The van der Waals surface area contributed by atoms with Gasteiger partial charge in [0.05, 0.1) is 4.47 Å². The first-order valence-corrected chi connectivity index (χ1v) is 5.21. The second-order valence-corrected chi connectivity index (χ2v) is 4.36. The van der Waals surface area contributed by atoms with Crippen LogP contribution in [0.3, 0.4) is 0 Å². The minimum atomic E-state index is 0.197. The molecule has 1 N–H and O–H groups in total. The molecule has 0 bridgehead atoms. The van der Waals surface area contributed by atoms with Gasteiger partial charge < -0.3 is 14.6 Å². The summed E-state index contributed by atoms with van der Waals surface area (Å²) < 4.78 is 11.2. The summed E-state index contributed by atoms with van der Waals surface area (Å²) in [7, 11) is 0. The topological polar surface area (TPSA) is 38.7 Å². The van der Waals surface area contributed by atoms with E-state index in [4.69, 9.17) is 9.47 Å². The van der Waals surface area contributed by atoms with E-state index in [2.05, 4.69) is 15.9 Å². The molecule has 76 valence electrons. The molecular formula is C10H11BrO3. The second kappa shape index (κ2) is 3.35. The Morgan fingerprint density at radius 3 is 2.79 bits per heavy atom. The van der Waals surface area contributed by atoms with Gasteiger partial charge in [-0.2, -0.15) is 0 Å². The Labute approximate surface area is 90.8 Å². The molecule has 0 amide bonds. The Hall–Kier alpha value is -0.900. The molecule has 0 saturated heterocycles. The Bertz CT molecular complexity index is 374. The van der Waals surface area contributed by atoms with Crippen LogP contribution >= 0.6 is 15.9 Å². The average Bonchev–Trinajstić information content (AvgIpc) is 2.52. The predicted molar refractivity (Wildman–Crippen MR) is 56.0 cm³/mol. The molecule has 1 aliphatic rings. The third kappa shape index (κ3) is 1.34. The molecule has 1 aromatic carbocycles. The van der Waals surface area contributed by atoms with Crippen LogP contribution in [0, 0.1) is 0 Å². The molecule has 0 aliphatic carbocycles. The summed E-state index contributed by atoms with van der Waals surface area (Å²) >= 11 is 3.28. The molecule has 0 atom stereocenters. The van der Waals surface area contributed by atoms with Crippen molar-refractivity contribution in [2.75, 3.05) is 6.79 Å². The van der Waals surface area contributed by atoms with Crippen LogP contribution in [-0.4, -0.2) is 11.9 Å². The zero-order chi connectivity index (χ0) is 10.3. The SMILES string of the molecule is CC(C)c1c(O)c(Br)cc2c1OCO2. The van der Waals surface area contributed by atoms with Crippen LogP contribution in [0.25, 0.3) is 0 Å². The molecular weight excluding hydrogens is 248 g/mol. The number of fused-ring (bicyclic) bond motifs is 1. The van der Waals surface area contributed by atoms with E-state index < -0.39 is 0 Å². The van der Waals surface area contributed by atoms with Gasteiger partial charge in [0.2, 0.25) is 6.79 Å². The maximum absolute atomic E-state index is 9.85. The second-order valence-electron chi connectivity index (χ2n) is 3.51. The molecule has 0 unspecified atom stereocenters. The highest BCUT2D eigenvalue weighted by molar-refractivity contribution is 9.10. The number of rotatable bonds is 1. The average molecular weight is 259 g/mol. The molecule has 14 heavy (non-hydrogen) atoms. The maximum Gasteiger partial charge on any atom is 0.231 e. The highest BCUT2D eigenvalue weighted by Gasteiger charge is 2.24. The lowest BCUT2D eigenvalue weighted by Gasteiger charge is -2.12. The van der Waals surface area contributed by atoms with Crippen LogP contribution in [0.4, 0.5) is 0 Å². The molecule has 4 heteroatoms. The molecule has 1 heterocycles. The van der Waals surface area contributed by atoms with Gasteiger partial charge in [-0.05, 0) is 21.8 Å². The third-order valence-electron chi connectivity index (χ3n) is 2.20. The molecule has 2 rings (SSSR count). The molecule has 0 spiro atoms. The fourth-order valence-corrected chi connectivity index (χ4v) is 1.98. The number of halogens is 1. The molecule has 0 radical (unpaired) electrons. The molecule has 0 fully saturated rings. The van der Waals surface area contributed by atoms with Gasteiger partial charge in [-0.15, -0.1) is 0 Å². The fourth-order valence-electron chi connectivity index (χ4n) is 1.56. The Morgan fingerprint density at radius 1 is 1.43 bits per heavy atom. The summed E-state index contributed by atoms with van der Waals surface area (Å²) in [4.78, 5) is 0. The van der Waals surface area contributed by atoms with E-state index in [1.165, 1.54) is 0 Å². The molecule has 0 aromatic heterocycles. The zero-order valence-electron chi connectivity index (χ0n) is 8.00. The quantitative estimate of drug-likeness (QED) is 0.842. The van der Waals surface area contributed by atoms with Crippen molar-refractivity contribution in [3.63, 3.8) is 0 Å². The van der Waals surface area contributed by atoms with Crippen LogP contribution < -0.4 is 9.47 Å². The summed E-state index contributed by atoms with van der Waals surface area (Å²) in [6.45, 7) is 4.23. The van der Waals surface area contributed by atoms with Gasteiger partial charge in [0, 0.05) is 11.6 Å². The smallest absolute Gasteiger partial charge is 0.231 e. The van der Waals surface area contributed by atoms with Crippen LogP contribution in [0.2, 0.25) is 0 Å². The van der Waals surface area contributed by atoms with Crippen molar-refractivity contribution in [3.05, 3.63) is 16.1 Å². The first-order valence-electron chi connectivity index (χ1n) is 4.42. The van der Waals surface area contributed by atoms with E-state index in [1.807, 2.05) is 13.8 Å². The molecule has 0 saturated carbocycles. The highest BCUT2D eigenvalue weighted by Crippen LogP contribution is 2.47.